The Morgan fingerprint density at radius 3 is 3.16 bits per heavy atom. The van der Waals surface area contributed by atoms with Crippen LogP contribution in [0, 0.1) is 0 Å². The summed E-state index contributed by atoms with van der Waals surface area (Å²) in [6.07, 6.45) is 3.96. The molecule has 104 valence electrons. The van der Waals surface area contributed by atoms with E-state index in [1.807, 2.05) is 0 Å². The molecule has 0 radical (unpaired) electrons. The Labute approximate surface area is 115 Å². The molecule has 0 amide bonds. The van der Waals surface area contributed by atoms with E-state index in [0.29, 0.717) is 12.1 Å². The minimum atomic E-state index is 0.369. The fourth-order valence-electron chi connectivity index (χ4n) is 3.23. The molecule has 3 nitrogen and oxygen atoms in total. The summed E-state index contributed by atoms with van der Waals surface area (Å²) in [5, 5.41) is 3.63. The number of nitrogens with one attached hydrogen (secondary N) is 1. The second kappa shape index (κ2) is 5.93. The summed E-state index contributed by atoms with van der Waals surface area (Å²) >= 11 is 0. The summed E-state index contributed by atoms with van der Waals surface area (Å²) in [5.74, 6) is 0. The van der Waals surface area contributed by atoms with Gasteiger partial charge in [-0.05, 0) is 37.8 Å². The average Bonchev–Trinajstić information content (AvgIpc) is 2.76. The van der Waals surface area contributed by atoms with Crippen molar-refractivity contribution in [3.8, 4) is 0 Å². The predicted molar refractivity (Wildman–Crippen MR) is 78.6 cm³/mol. The van der Waals surface area contributed by atoms with E-state index in [1.165, 1.54) is 30.6 Å². The monoisotopic (exact) mass is 260 g/mol. The number of benzene rings is 1. The van der Waals surface area contributed by atoms with E-state index in [9.17, 15) is 0 Å². The van der Waals surface area contributed by atoms with Crippen LogP contribution in [0.4, 0.5) is 5.69 Å². The van der Waals surface area contributed by atoms with Gasteiger partial charge in [-0.15, -0.1) is 0 Å². The van der Waals surface area contributed by atoms with Crippen LogP contribution in [0.5, 0.6) is 0 Å². The normalized spacial score (nSPS) is 28.9. The quantitative estimate of drug-likeness (QED) is 0.840. The van der Waals surface area contributed by atoms with Crippen LogP contribution in [0.25, 0.3) is 0 Å². The number of rotatable bonds is 1. The Hall–Kier alpha value is -1.06. The van der Waals surface area contributed by atoms with Crippen LogP contribution in [0.15, 0.2) is 24.3 Å². The summed E-state index contributed by atoms with van der Waals surface area (Å²) in [4.78, 5) is 2.62. The van der Waals surface area contributed by atoms with Crippen molar-refractivity contribution in [2.75, 3.05) is 31.6 Å². The molecule has 3 heteroatoms. The highest BCUT2D eigenvalue weighted by atomic mass is 16.5. The van der Waals surface area contributed by atoms with Crippen LogP contribution in [0.2, 0.25) is 0 Å². The van der Waals surface area contributed by atoms with E-state index in [1.54, 1.807) is 0 Å². The summed E-state index contributed by atoms with van der Waals surface area (Å²) in [6, 6.07) is 9.35. The minimum Gasteiger partial charge on any atom is -0.383 e. The van der Waals surface area contributed by atoms with Crippen molar-refractivity contribution in [2.45, 2.75) is 38.3 Å². The Balaban J connectivity index is 1.67. The van der Waals surface area contributed by atoms with Crippen LogP contribution < -0.4 is 5.32 Å². The van der Waals surface area contributed by atoms with Gasteiger partial charge in [-0.25, -0.2) is 0 Å². The Morgan fingerprint density at radius 1 is 1.32 bits per heavy atom. The van der Waals surface area contributed by atoms with Crippen molar-refractivity contribution >= 4 is 5.69 Å². The molecular formula is C16H24N2O. The van der Waals surface area contributed by atoms with Gasteiger partial charge in [-0.2, -0.15) is 0 Å². The third-order valence-corrected chi connectivity index (χ3v) is 4.29. The Bertz CT molecular complexity index is 394. The lowest BCUT2D eigenvalue weighted by Crippen LogP contribution is -2.42. The predicted octanol–water partition coefficient (Wildman–Crippen LogP) is 2.52. The fraction of sp³-hybridized carbons (Fsp3) is 0.625. The lowest BCUT2D eigenvalue weighted by Gasteiger charge is -2.30. The van der Waals surface area contributed by atoms with Crippen molar-refractivity contribution in [1.29, 1.82) is 0 Å². The molecule has 2 aliphatic heterocycles. The molecule has 3 rings (SSSR count). The smallest absolute Gasteiger partial charge is 0.0674 e. The van der Waals surface area contributed by atoms with E-state index >= 15 is 0 Å². The van der Waals surface area contributed by atoms with E-state index in [2.05, 4.69) is 41.4 Å². The summed E-state index contributed by atoms with van der Waals surface area (Å²) in [5.41, 5.74) is 2.79. The number of anilines is 1. The molecule has 19 heavy (non-hydrogen) atoms. The number of para-hydroxylation sites is 1. The van der Waals surface area contributed by atoms with Crippen LogP contribution >= 0.6 is 0 Å². The number of hydrogen-bond donors (Lipinski definition) is 1. The molecule has 1 saturated heterocycles. The molecule has 2 atom stereocenters. The zero-order chi connectivity index (χ0) is 13.1. The molecule has 0 bridgehead atoms. The number of hydrogen-bond acceptors (Lipinski definition) is 3. The van der Waals surface area contributed by atoms with Gasteiger partial charge in [0, 0.05) is 38.0 Å². The van der Waals surface area contributed by atoms with Crippen molar-refractivity contribution in [1.82, 2.24) is 4.90 Å². The highest BCUT2D eigenvalue weighted by molar-refractivity contribution is 5.52. The third kappa shape index (κ3) is 3.10. The Morgan fingerprint density at radius 2 is 2.21 bits per heavy atom. The molecule has 0 aromatic heterocycles. The highest BCUT2D eigenvalue weighted by Crippen LogP contribution is 2.23. The van der Waals surface area contributed by atoms with Gasteiger partial charge in [-0.3, -0.25) is 4.90 Å². The lowest BCUT2D eigenvalue weighted by molar-refractivity contribution is 0.0610. The zero-order valence-corrected chi connectivity index (χ0v) is 11.8. The van der Waals surface area contributed by atoms with E-state index in [4.69, 9.17) is 4.74 Å². The Kier molecular flexibility index (Phi) is 4.04. The maximum absolute atomic E-state index is 5.75. The number of ether oxygens (including phenoxy) is 1. The summed E-state index contributed by atoms with van der Waals surface area (Å²) in [6.45, 7) is 6.41. The van der Waals surface area contributed by atoms with Crippen molar-refractivity contribution in [3.63, 3.8) is 0 Å². The maximum atomic E-state index is 5.75. The van der Waals surface area contributed by atoms with Gasteiger partial charge < -0.3 is 10.1 Å². The molecule has 0 spiro atoms. The van der Waals surface area contributed by atoms with Gasteiger partial charge in [0.25, 0.3) is 0 Å². The number of fused-ring (bicyclic) bond motifs is 1. The van der Waals surface area contributed by atoms with Gasteiger partial charge in [0.15, 0.2) is 0 Å². The third-order valence-electron chi connectivity index (χ3n) is 4.29. The van der Waals surface area contributed by atoms with Gasteiger partial charge in [0.2, 0.25) is 0 Å². The number of aryl methyl sites for hydroxylation is 1. The first kappa shape index (κ1) is 12.9. The van der Waals surface area contributed by atoms with Crippen LogP contribution in [0.3, 0.4) is 0 Å². The van der Waals surface area contributed by atoms with Gasteiger partial charge >= 0.3 is 0 Å². The molecule has 2 unspecified atom stereocenters. The van der Waals surface area contributed by atoms with Crippen LogP contribution in [-0.4, -0.2) is 43.3 Å². The molecule has 0 saturated carbocycles. The molecule has 2 aliphatic rings. The SMILES string of the molecule is CC1CN(C2CCc3ccccc3NC2)CCCO1. The van der Waals surface area contributed by atoms with E-state index in [0.717, 1.165) is 26.1 Å². The molecular weight excluding hydrogens is 236 g/mol. The average molecular weight is 260 g/mol. The van der Waals surface area contributed by atoms with Crippen LogP contribution in [-0.2, 0) is 11.2 Å². The van der Waals surface area contributed by atoms with Gasteiger partial charge in [-0.1, -0.05) is 18.2 Å². The van der Waals surface area contributed by atoms with Crippen LogP contribution in [0.1, 0.15) is 25.3 Å². The standard InChI is InChI=1S/C16H24N2O/c1-13-12-18(9-4-10-19-13)15-8-7-14-5-2-3-6-16(14)17-11-15/h2-3,5-6,13,15,17H,4,7-12H2,1H3. The molecule has 1 aromatic rings. The fourth-order valence-corrected chi connectivity index (χ4v) is 3.23. The zero-order valence-electron chi connectivity index (χ0n) is 11.8. The first-order valence-electron chi connectivity index (χ1n) is 7.50. The lowest BCUT2D eigenvalue weighted by atomic mass is 10.0. The second-order valence-corrected chi connectivity index (χ2v) is 5.76. The van der Waals surface area contributed by atoms with Gasteiger partial charge in [0.05, 0.1) is 6.10 Å². The number of nitrogens with zero attached hydrogens (tertiary/aromatic N) is 1. The van der Waals surface area contributed by atoms with E-state index < -0.39 is 0 Å². The molecule has 2 heterocycles. The van der Waals surface area contributed by atoms with Crippen molar-refractivity contribution in [3.05, 3.63) is 29.8 Å². The minimum absolute atomic E-state index is 0.369. The molecule has 1 N–H and O–H groups in total. The second-order valence-electron chi connectivity index (χ2n) is 5.76. The topological polar surface area (TPSA) is 24.5 Å². The summed E-state index contributed by atoms with van der Waals surface area (Å²) in [7, 11) is 0. The molecule has 0 aliphatic carbocycles. The van der Waals surface area contributed by atoms with E-state index in [-0.39, 0.29) is 0 Å². The maximum Gasteiger partial charge on any atom is 0.0674 e. The largest absolute Gasteiger partial charge is 0.383 e. The van der Waals surface area contributed by atoms with Crippen molar-refractivity contribution in [2.24, 2.45) is 0 Å². The van der Waals surface area contributed by atoms with Gasteiger partial charge in [0.1, 0.15) is 0 Å². The summed E-state index contributed by atoms with van der Waals surface area (Å²) < 4.78 is 5.75. The van der Waals surface area contributed by atoms with Crippen molar-refractivity contribution < 1.29 is 4.74 Å². The molecule has 1 aromatic carbocycles. The molecule has 1 fully saturated rings. The highest BCUT2D eigenvalue weighted by Gasteiger charge is 2.24. The first-order chi connectivity index (χ1) is 9.33. The first-order valence-corrected chi connectivity index (χ1v) is 7.50.